The average Bonchev–Trinajstić information content (AvgIpc) is 2.87. The van der Waals surface area contributed by atoms with Gasteiger partial charge in [0.1, 0.15) is 11.6 Å². The van der Waals surface area contributed by atoms with E-state index in [2.05, 4.69) is 5.32 Å². The van der Waals surface area contributed by atoms with E-state index in [0.29, 0.717) is 38.6 Å². The average molecular weight is 494 g/mol. The zero-order chi connectivity index (χ0) is 26.9. The fourth-order valence-corrected chi connectivity index (χ4v) is 3.71. The van der Waals surface area contributed by atoms with Crippen molar-refractivity contribution in [1.82, 2.24) is 5.32 Å². The molecule has 0 bridgehead atoms. The maximum Gasteiger partial charge on any atom is 0.224 e. The van der Waals surface area contributed by atoms with Gasteiger partial charge in [0.15, 0.2) is 5.78 Å². The minimum Gasteiger partial charge on any atom is -0.352 e. The Balaban J connectivity index is 0.000000457. The van der Waals surface area contributed by atoms with E-state index in [-0.39, 0.29) is 29.2 Å². The lowest BCUT2D eigenvalue weighted by atomic mass is 9.96. The van der Waals surface area contributed by atoms with Crippen LogP contribution in [0.25, 0.3) is 0 Å². The molecule has 1 unspecified atom stereocenters. The number of rotatable bonds is 14. The van der Waals surface area contributed by atoms with Crippen molar-refractivity contribution in [2.45, 2.75) is 92.5 Å². The molecule has 0 aliphatic carbocycles. The van der Waals surface area contributed by atoms with Gasteiger partial charge in [-0.3, -0.25) is 19.2 Å². The Morgan fingerprint density at radius 3 is 2.08 bits per heavy atom. The van der Waals surface area contributed by atoms with Crippen molar-refractivity contribution >= 4 is 23.3 Å². The van der Waals surface area contributed by atoms with Crippen LogP contribution in [0, 0.1) is 5.92 Å². The Morgan fingerprint density at radius 2 is 1.50 bits per heavy atom. The third-order valence-corrected chi connectivity index (χ3v) is 6.10. The summed E-state index contributed by atoms with van der Waals surface area (Å²) >= 11 is 0. The molecule has 196 valence electrons. The van der Waals surface area contributed by atoms with Gasteiger partial charge in [0.05, 0.1) is 6.42 Å². The van der Waals surface area contributed by atoms with E-state index in [0.717, 1.165) is 41.5 Å². The molecule has 0 aliphatic rings. The molecule has 5 heteroatoms. The van der Waals surface area contributed by atoms with E-state index in [1.807, 2.05) is 76.2 Å². The van der Waals surface area contributed by atoms with E-state index in [1.54, 1.807) is 6.92 Å². The van der Waals surface area contributed by atoms with Gasteiger partial charge in [-0.05, 0) is 49.3 Å². The normalized spacial score (nSPS) is 11.1. The quantitative estimate of drug-likeness (QED) is 0.307. The van der Waals surface area contributed by atoms with Gasteiger partial charge in [-0.25, -0.2) is 0 Å². The number of nitrogens with one attached hydrogen (secondary N) is 1. The van der Waals surface area contributed by atoms with Crippen LogP contribution in [0.1, 0.15) is 100 Å². The molecule has 0 saturated heterocycles. The van der Waals surface area contributed by atoms with Crippen molar-refractivity contribution in [2.24, 2.45) is 5.92 Å². The van der Waals surface area contributed by atoms with Crippen molar-refractivity contribution in [3.8, 4) is 0 Å². The molecule has 2 aromatic carbocycles. The smallest absolute Gasteiger partial charge is 0.224 e. The summed E-state index contributed by atoms with van der Waals surface area (Å²) in [6.07, 6.45) is 5.41. The van der Waals surface area contributed by atoms with Gasteiger partial charge in [0.25, 0.3) is 0 Å². The first-order valence-electron chi connectivity index (χ1n) is 13.2. The lowest BCUT2D eigenvalue weighted by molar-refractivity contribution is -0.122. The van der Waals surface area contributed by atoms with Crippen LogP contribution < -0.4 is 5.32 Å². The lowest BCUT2D eigenvalue weighted by Gasteiger charge is -2.10. The number of aryl methyl sites for hydroxylation is 1. The van der Waals surface area contributed by atoms with Crippen LogP contribution in [0.15, 0.2) is 48.5 Å². The monoisotopic (exact) mass is 493 g/mol. The maximum atomic E-state index is 12.1. The largest absolute Gasteiger partial charge is 0.352 e. The van der Waals surface area contributed by atoms with Crippen LogP contribution in [-0.4, -0.2) is 23.3 Å². The molecule has 0 fully saturated rings. The second-order valence-electron chi connectivity index (χ2n) is 9.30. The summed E-state index contributed by atoms with van der Waals surface area (Å²) in [7, 11) is 0. The first-order valence-corrected chi connectivity index (χ1v) is 13.2. The Bertz CT molecular complexity index is 981. The third-order valence-electron chi connectivity index (χ3n) is 6.10. The highest BCUT2D eigenvalue weighted by Gasteiger charge is 2.12. The second kappa shape index (κ2) is 17.4. The molecule has 1 amide bonds. The number of carbonyl (C=O) groups excluding carboxylic acids is 4. The highest BCUT2D eigenvalue weighted by Crippen LogP contribution is 2.16. The van der Waals surface area contributed by atoms with Gasteiger partial charge >= 0.3 is 0 Å². The van der Waals surface area contributed by atoms with E-state index in [4.69, 9.17) is 0 Å². The third kappa shape index (κ3) is 12.1. The Morgan fingerprint density at radius 1 is 0.833 bits per heavy atom. The number of hydrogen-bond acceptors (Lipinski definition) is 4. The Labute approximate surface area is 217 Å². The van der Waals surface area contributed by atoms with Crippen molar-refractivity contribution < 1.29 is 19.2 Å². The van der Waals surface area contributed by atoms with Gasteiger partial charge in [-0.15, -0.1) is 0 Å². The molecule has 0 radical (unpaired) electrons. The van der Waals surface area contributed by atoms with Crippen LogP contribution in [0.4, 0.5) is 0 Å². The zero-order valence-electron chi connectivity index (χ0n) is 22.7. The van der Waals surface area contributed by atoms with Gasteiger partial charge in [0.2, 0.25) is 5.91 Å². The van der Waals surface area contributed by atoms with Crippen molar-refractivity contribution in [3.05, 3.63) is 70.8 Å². The van der Waals surface area contributed by atoms with Gasteiger partial charge in [-0.2, -0.15) is 0 Å². The molecule has 0 spiro atoms. The minimum atomic E-state index is -0.00598. The molecule has 0 heterocycles. The fourth-order valence-electron chi connectivity index (χ4n) is 3.71. The summed E-state index contributed by atoms with van der Waals surface area (Å²) in [5.74, 6) is 0.693. The molecule has 0 aromatic heterocycles. The highest BCUT2D eigenvalue weighted by molar-refractivity contribution is 5.97. The van der Waals surface area contributed by atoms with E-state index in [9.17, 15) is 19.2 Å². The van der Waals surface area contributed by atoms with Crippen molar-refractivity contribution in [1.29, 1.82) is 0 Å². The summed E-state index contributed by atoms with van der Waals surface area (Å²) < 4.78 is 0. The summed E-state index contributed by atoms with van der Waals surface area (Å²) in [4.78, 5) is 46.1. The first kappa shape index (κ1) is 31.0. The van der Waals surface area contributed by atoms with Crippen LogP contribution in [0.2, 0.25) is 0 Å². The summed E-state index contributed by atoms with van der Waals surface area (Å²) in [5.41, 5.74) is 3.86. The molecule has 2 aromatic rings. The molecular formula is C31H43NO4. The van der Waals surface area contributed by atoms with Crippen LogP contribution in [0.5, 0.6) is 0 Å². The Kier molecular flexibility index (Phi) is 14.9. The molecule has 0 saturated carbocycles. The minimum absolute atomic E-state index is 0.00598. The number of Topliss-reactive ketones (excluding diaryl/α,β-unsaturated/α-hetero) is 3. The molecule has 2 rings (SSSR count). The predicted octanol–water partition coefficient (Wildman–Crippen LogP) is 6.45. The van der Waals surface area contributed by atoms with Crippen molar-refractivity contribution in [3.63, 3.8) is 0 Å². The van der Waals surface area contributed by atoms with Crippen LogP contribution in [-0.2, 0) is 33.8 Å². The van der Waals surface area contributed by atoms with E-state index in [1.165, 1.54) is 0 Å². The predicted molar refractivity (Wildman–Crippen MR) is 146 cm³/mol. The van der Waals surface area contributed by atoms with E-state index < -0.39 is 0 Å². The van der Waals surface area contributed by atoms with Crippen LogP contribution in [0.3, 0.4) is 0 Å². The summed E-state index contributed by atoms with van der Waals surface area (Å²) in [6, 6.07) is 15.6. The topological polar surface area (TPSA) is 80.3 Å². The zero-order valence-corrected chi connectivity index (χ0v) is 22.7. The molecule has 0 aliphatic heterocycles. The molecular weight excluding hydrogens is 450 g/mol. The number of benzene rings is 2. The Hall–Kier alpha value is -3.08. The van der Waals surface area contributed by atoms with E-state index >= 15 is 0 Å². The van der Waals surface area contributed by atoms with Gasteiger partial charge < -0.3 is 5.32 Å². The first-order chi connectivity index (χ1) is 17.2. The highest BCUT2D eigenvalue weighted by atomic mass is 16.2. The van der Waals surface area contributed by atoms with Crippen LogP contribution >= 0.6 is 0 Å². The molecule has 1 atom stereocenters. The second-order valence-corrected chi connectivity index (χ2v) is 9.30. The molecule has 5 nitrogen and oxygen atoms in total. The SMILES string of the molecule is CCCC(=O)CCC(C)C(C)=O.CCCC(=O)c1ccc(CC(=O)NCc2ccccc2)cc1CC. The van der Waals surface area contributed by atoms with Gasteiger partial charge in [-0.1, -0.05) is 76.2 Å². The summed E-state index contributed by atoms with van der Waals surface area (Å²) in [6.45, 7) is 10.0. The number of carbonyl (C=O) groups is 4. The van der Waals surface area contributed by atoms with Gasteiger partial charge in [0, 0.05) is 37.3 Å². The maximum absolute atomic E-state index is 12.1. The summed E-state index contributed by atoms with van der Waals surface area (Å²) in [5, 5.41) is 2.94. The molecule has 1 N–H and O–H groups in total. The number of ketones is 3. The fraction of sp³-hybridized carbons (Fsp3) is 0.484. The molecule has 36 heavy (non-hydrogen) atoms. The number of hydrogen-bond donors (Lipinski definition) is 1. The standard InChI is InChI=1S/C21H25NO2.C10H18O2/c1-3-8-20(23)19-12-11-17(13-18(19)4-2)14-21(24)22-15-16-9-6-5-7-10-16;1-4-5-10(12)7-6-8(2)9(3)11/h5-7,9-13H,3-4,8,14-15H2,1-2H3,(H,22,24);8H,4-7H2,1-3H3. The van der Waals surface area contributed by atoms with Crippen molar-refractivity contribution in [2.75, 3.05) is 0 Å². The lowest BCUT2D eigenvalue weighted by Crippen LogP contribution is -2.24. The number of amides is 1.